The molecule has 2 nitrogen and oxygen atoms in total. The third-order valence-electron chi connectivity index (χ3n) is 2.47. The lowest BCUT2D eigenvalue weighted by atomic mass is 10.1. The minimum atomic E-state index is 0.765. The van der Waals surface area contributed by atoms with Gasteiger partial charge in [0, 0.05) is 16.6 Å². The SMILES string of the molecule is Nc1cccc(-c2csc(-c3ccc(Br)s3)n2)c1. The van der Waals surface area contributed by atoms with Gasteiger partial charge in [0.15, 0.2) is 0 Å². The maximum absolute atomic E-state index is 5.79. The second-order valence-corrected chi connectivity index (χ2v) is 7.09. The van der Waals surface area contributed by atoms with Crippen LogP contribution in [0.3, 0.4) is 0 Å². The third-order valence-corrected chi connectivity index (χ3v) is 5.11. The van der Waals surface area contributed by atoms with Gasteiger partial charge in [0.25, 0.3) is 0 Å². The molecule has 0 spiro atoms. The van der Waals surface area contributed by atoms with Crippen molar-refractivity contribution in [3.63, 3.8) is 0 Å². The largest absolute Gasteiger partial charge is 0.399 e. The van der Waals surface area contributed by atoms with Crippen molar-refractivity contribution in [3.8, 4) is 21.1 Å². The normalized spacial score (nSPS) is 10.7. The standard InChI is InChI=1S/C13H9BrN2S2/c14-12-5-4-11(18-12)13-16-10(7-17-13)8-2-1-3-9(15)6-8/h1-7H,15H2. The van der Waals surface area contributed by atoms with Crippen molar-refractivity contribution >= 4 is 44.3 Å². The molecule has 2 N–H and O–H groups in total. The predicted octanol–water partition coefficient (Wildman–Crippen LogP) is 4.88. The topological polar surface area (TPSA) is 38.9 Å². The number of aromatic nitrogens is 1. The molecule has 0 amide bonds. The Labute approximate surface area is 121 Å². The van der Waals surface area contributed by atoms with Gasteiger partial charge in [-0.1, -0.05) is 12.1 Å². The van der Waals surface area contributed by atoms with Crippen molar-refractivity contribution in [2.24, 2.45) is 0 Å². The fraction of sp³-hybridized carbons (Fsp3) is 0. The van der Waals surface area contributed by atoms with Crippen LogP contribution in [0.25, 0.3) is 21.1 Å². The zero-order valence-corrected chi connectivity index (χ0v) is 12.5. The number of nitrogens with zero attached hydrogens (tertiary/aromatic N) is 1. The number of hydrogen-bond acceptors (Lipinski definition) is 4. The Morgan fingerprint density at radius 2 is 2.06 bits per heavy atom. The molecule has 0 aliphatic heterocycles. The number of nitrogens with two attached hydrogens (primary N) is 1. The van der Waals surface area contributed by atoms with Gasteiger partial charge in [0.1, 0.15) is 5.01 Å². The van der Waals surface area contributed by atoms with Gasteiger partial charge in [-0.3, -0.25) is 0 Å². The summed E-state index contributed by atoms with van der Waals surface area (Å²) in [6, 6.07) is 11.9. The monoisotopic (exact) mass is 336 g/mol. The maximum atomic E-state index is 5.79. The van der Waals surface area contributed by atoms with Gasteiger partial charge in [-0.05, 0) is 40.2 Å². The molecule has 0 aliphatic rings. The van der Waals surface area contributed by atoms with E-state index in [0.29, 0.717) is 0 Å². The predicted molar refractivity (Wildman–Crippen MR) is 83.0 cm³/mol. The number of hydrogen-bond donors (Lipinski definition) is 1. The molecule has 0 fully saturated rings. The van der Waals surface area contributed by atoms with E-state index in [1.165, 1.54) is 4.88 Å². The van der Waals surface area contributed by atoms with Crippen molar-refractivity contribution in [1.82, 2.24) is 4.98 Å². The van der Waals surface area contributed by atoms with E-state index < -0.39 is 0 Å². The van der Waals surface area contributed by atoms with Crippen molar-refractivity contribution in [1.29, 1.82) is 0 Å². The molecule has 2 aromatic heterocycles. The molecular formula is C13H9BrN2S2. The summed E-state index contributed by atoms with van der Waals surface area (Å²) in [6.45, 7) is 0. The molecule has 0 aliphatic carbocycles. The zero-order chi connectivity index (χ0) is 12.5. The quantitative estimate of drug-likeness (QED) is 0.677. The summed E-state index contributed by atoms with van der Waals surface area (Å²) in [5.74, 6) is 0. The van der Waals surface area contributed by atoms with Crippen LogP contribution in [0.1, 0.15) is 0 Å². The van der Waals surface area contributed by atoms with Crippen LogP contribution >= 0.6 is 38.6 Å². The lowest BCUT2D eigenvalue weighted by Crippen LogP contribution is -1.85. The lowest BCUT2D eigenvalue weighted by molar-refractivity contribution is 1.41. The zero-order valence-electron chi connectivity index (χ0n) is 9.26. The van der Waals surface area contributed by atoms with Gasteiger partial charge in [0.05, 0.1) is 14.4 Å². The number of thiazole rings is 1. The molecular weight excluding hydrogens is 328 g/mol. The lowest BCUT2D eigenvalue weighted by Gasteiger charge is -1.97. The van der Waals surface area contributed by atoms with Gasteiger partial charge < -0.3 is 5.73 Å². The van der Waals surface area contributed by atoms with Crippen LogP contribution in [-0.4, -0.2) is 4.98 Å². The Hall–Kier alpha value is -1.17. The van der Waals surface area contributed by atoms with Gasteiger partial charge in [-0.2, -0.15) is 0 Å². The number of anilines is 1. The average molecular weight is 337 g/mol. The van der Waals surface area contributed by atoms with Crippen molar-refractivity contribution in [2.45, 2.75) is 0 Å². The molecule has 3 aromatic rings. The van der Waals surface area contributed by atoms with Crippen LogP contribution in [0.4, 0.5) is 5.69 Å². The first kappa shape index (κ1) is 11.9. The molecule has 3 rings (SSSR count). The van der Waals surface area contributed by atoms with Crippen LogP contribution < -0.4 is 5.73 Å². The molecule has 90 valence electrons. The van der Waals surface area contributed by atoms with E-state index in [1.807, 2.05) is 30.3 Å². The molecule has 18 heavy (non-hydrogen) atoms. The number of benzene rings is 1. The molecule has 2 heterocycles. The summed E-state index contributed by atoms with van der Waals surface area (Å²) in [6.07, 6.45) is 0. The summed E-state index contributed by atoms with van der Waals surface area (Å²) in [7, 11) is 0. The minimum absolute atomic E-state index is 0.765. The summed E-state index contributed by atoms with van der Waals surface area (Å²) in [5, 5.41) is 3.11. The molecule has 1 aromatic carbocycles. The highest BCUT2D eigenvalue weighted by Gasteiger charge is 2.08. The first-order valence-electron chi connectivity index (χ1n) is 5.29. The van der Waals surface area contributed by atoms with Crippen LogP contribution in [-0.2, 0) is 0 Å². The number of halogens is 1. The highest BCUT2D eigenvalue weighted by Crippen LogP contribution is 2.35. The Kier molecular flexibility index (Phi) is 3.20. The Morgan fingerprint density at radius 1 is 1.17 bits per heavy atom. The van der Waals surface area contributed by atoms with Gasteiger partial charge >= 0.3 is 0 Å². The van der Waals surface area contributed by atoms with E-state index in [0.717, 1.165) is 25.7 Å². The van der Waals surface area contributed by atoms with E-state index in [4.69, 9.17) is 5.73 Å². The summed E-state index contributed by atoms with van der Waals surface area (Å²) >= 11 is 6.82. The summed E-state index contributed by atoms with van der Waals surface area (Å²) in [5.41, 5.74) is 8.60. The van der Waals surface area contributed by atoms with E-state index in [-0.39, 0.29) is 0 Å². The fourth-order valence-electron chi connectivity index (χ4n) is 1.65. The van der Waals surface area contributed by atoms with E-state index >= 15 is 0 Å². The molecule has 0 saturated heterocycles. The highest BCUT2D eigenvalue weighted by atomic mass is 79.9. The third kappa shape index (κ3) is 2.34. The average Bonchev–Trinajstić information content (AvgIpc) is 2.97. The number of rotatable bonds is 2. The van der Waals surface area contributed by atoms with Crippen LogP contribution in [0.2, 0.25) is 0 Å². The first-order chi connectivity index (χ1) is 8.72. The highest BCUT2D eigenvalue weighted by molar-refractivity contribution is 9.11. The summed E-state index contributed by atoms with van der Waals surface area (Å²) < 4.78 is 1.12. The van der Waals surface area contributed by atoms with Crippen molar-refractivity contribution < 1.29 is 0 Å². The van der Waals surface area contributed by atoms with Crippen LogP contribution in [0.15, 0.2) is 45.6 Å². The molecule has 5 heteroatoms. The van der Waals surface area contributed by atoms with E-state index in [9.17, 15) is 0 Å². The second kappa shape index (κ2) is 4.84. The van der Waals surface area contributed by atoms with E-state index in [1.54, 1.807) is 22.7 Å². The Balaban J connectivity index is 1.99. The van der Waals surface area contributed by atoms with Crippen molar-refractivity contribution in [3.05, 3.63) is 45.6 Å². The Bertz CT molecular complexity index is 688. The molecule has 0 bridgehead atoms. The van der Waals surface area contributed by atoms with Crippen molar-refractivity contribution in [2.75, 3.05) is 5.73 Å². The molecule has 0 unspecified atom stereocenters. The van der Waals surface area contributed by atoms with Gasteiger partial charge in [0.2, 0.25) is 0 Å². The number of thiophene rings is 1. The smallest absolute Gasteiger partial charge is 0.134 e. The summed E-state index contributed by atoms with van der Waals surface area (Å²) in [4.78, 5) is 5.84. The van der Waals surface area contributed by atoms with Crippen LogP contribution in [0, 0.1) is 0 Å². The molecule has 0 atom stereocenters. The molecule has 0 radical (unpaired) electrons. The first-order valence-corrected chi connectivity index (χ1v) is 7.78. The second-order valence-electron chi connectivity index (χ2n) is 3.77. The fourth-order valence-corrected chi connectivity index (χ4v) is 3.93. The Morgan fingerprint density at radius 3 is 2.78 bits per heavy atom. The van der Waals surface area contributed by atoms with Gasteiger partial charge in [-0.25, -0.2) is 4.98 Å². The number of nitrogen functional groups attached to an aromatic ring is 1. The molecule has 0 saturated carbocycles. The van der Waals surface area contributed by atoms with E-state index in [2.05, 4.69) is 32.4 Å². The van der Waals surface area contributed by atoms with Gasteiger partial charge in [-0.15, -0.1) is 22.7 Å². The van der Waals surface area contributed by atoms with Crippen LogP contribution in [0.5, 0.6) is 0 Å². The minimum Gasteiger partial charge on any atom is -0.399 e. The maximum Gasteiger partial charge on any atom is 0.134 e.